The molecule has 1 N–H and O–H groups in total. The molecule has 0 fully saturated rings. The predicted molar refractivity (Wildman–Crippen MR) is 62.9 cm³/mol. The van der Waals surface area contributed by atoms with Crippen LogP contribution in [-0.2, 0) is 6.54 Å². The first-order chi connectivity index (χ1) is 7.11. The molecule has 1 aliphatic heterocycles. The highest BCUT2D eigenvalue weighted by Crippen LogP contribution is 2.31. The van der Waals surface area contributed by atoms with E-state index in [-0.39, 0.29) is 5.60 Å². The highest BCUT2D eigenvalue weighted by Gasteiger charge is 2.21. The second-order valence-corrected chi connectivity index (χ2v) is 4.44. The molecule has 0 aliphatic carbocycles. The highest BCUT2D eigenvalue weighted by atomic mass is 16.5. The number of hydrogen-bond donors (Lipinski definition) is 1. The summed E-state index contributed by atoms with van der Waals surface area (Å²) in [5.74, 6) is 0.974. The van der Waals surface area contributed by atoms with Crippen molar-refractivity contribution in [2.24, 2.45) is 0 Å². The molecule has 1 aromatic carbocycles. The topological polar surface area (TPSA) is 21.3 Å². The summed E-state index contributed by atoms with van der Waals surface area (Å²) in [6, 6.07) is 6.31. The molecule has 0 amide bonds. The summed E-state index contributed by atoms with van der Waals surface area (Å²) in [5, 5.41) is 3.14. The van der Waals surface area contributed by atoms with E-state index in [0.717, 1.165) is 12.3 Å². The van der Waals surface area contributed by atoms with Crippen LogP contribution in [0.1, 0.15) is 25.0 Å². The van der Waals surface area contributed by atoms with Gasteiger partial charge in [-0.25, -0.2) is 0 Å². The quantitative estimate of drug-likeness (QED) is 0.797. The lowest BCUT2D eigenvalue weighted by Gasteiger charge is -2.28. The van der Waals surface area contributed by atoms with Gasteiger partial charge in [0.05, 0.1) is 0 Å². The van der Waals surface area contributed by atoms with E-state index in [1.807, 2.05) is 13.1 Å². The Balaban J connectivity index is 2.32. The fraction of sp³-hybridized carbons (Fsp3) is 0.385. The van der Waals surface area contributed by atoms with Crippen molar-refractivity contribution in [3.05, 3.63) is 35.4 Å². The molecule has 0 radical (unpaired) electrons. The molecule has 0 atom stereocenters. The fourth-order valence-corrected chi connectivity index (χ4v) is 1.74. The lowest BCUT2D eigenvalue weighted by molar-refractivity contribution is 0.159. The number of nitrogens with one attached hydrogen (secondary N) is 1. The molecule has 0 saturated heterocycles. The number of hydrogen-bond acceptors (Lipinski definition) is 2. The number of rotatable bonds is 2. The van der Waals surface area contributed by atoms with Crippen molar-refractivity contribution in [2.45, 2.75) is 26.0 Å². The van der Waals surface area contributed by atoms with Gasteiger partial charge in [0.2, 0.25) is 0 Å². The van der Waals surface area contributed by atoms with Gasteiger partial charge < -0.3 is 10.1 Å². The monoisotopic (exact) mass is 203 g/mol. The van der Waals surface area contributed by atoms with Gasteiger partial charge in [0.15, 0.2) is 0 Å². The minimum atomic E-state index is -0.183. The van der Waals surface area contributed by atoms with Crippen LogP contribution in [-0.4, -0.2) is 12.6 Å². The predicted octanol–water partition coefficient (Wildman–Crippen LogP) is 2.59. The van der Waals surface area contributed by atoms with E-state index in [2.05, 4.69) is 43.4 Å². The Morgan fingerprint density at radius 2 is 2.13 bits per heavy atom. The smallest absolute Gasteiger partial charge is 0.127 e. The average molecular weight is 203 g/mol. The summed E-state index contributed by atoms with van der Waals surface area (Å²) in [6.07, 6.45) is 4.23. The van der Waals surface area contributed by atoms with E-state index < -0.39 is 0 Å². The molecule has 15 heavy (non-hydrogen) atoms. The summed E-state index contributed by atoms with van der Waals surface area (Å²) in [5.41, 5.74) is 2.27. The molecule has 0 aromatic heterocycles. The standard InChI is InChI=1S/C13H17NO/c1-13(2)7-6-11-8-10(9-14-3)4-5-12(11)15-13/h4-8,14H,9H2,1-3H3. The van der Waals surface area contributed by atoms with E-state index in [4.69, 9.17) is 4.74 Å². The minimum absolute atomic E-state index is 0.183. The van der Waals surface area contributed by atoms with Crippen LogP contribution in [0.2, 0.25) is 0 Å². The first-order valence-electron chi connectivity index (χ1n) is 5.26. The van der Waals surface area contributed by atoms with E-state index >= 15 is 0 Å². The van der Waals surface area contributed by atoms with Gasteiger partial charge >= 0.3 is 0 Å². The second kappa shape index (κ2) is 3.70. The number of fused-ring (bicyclic) bond motifs is 1. The molecule has 1 aliphatic rings. The van der Waals surface area contributed by atoms with Crippen LogP contribution in [0.3, 0.4) is 0 Å². The van der Waals surface area contributed by atoms with Crippen LogP contribution in [0.25, 0.3) is 6.08 Å². The third-order valence-corrected chi connectivity index (χ3v) is 2.49. The molecule has 2 heteroatoms. The van der Waals surface area contributed by atoms with Crippen LogP contribution >= 0.6 is 0 Å². The van der Waals surface area contributed by atoms with Gasteiger partial charge in [-0.2, -0.15) is 0 Å². The molecule has 0 unspecified atom stereocenters. The van der Waals surface area contributed by atoms with Gasteiger partial charge in [-0.1, -0.05) is 12.1 Å². The van der Waals surface area contributed by atoms with E-state index in [1.54, 1.807) is 0 Å². The Kier molecular flexibility index (Phi) is 2.53. The summed E-state index contributed by atoms with van der Waals surface area (Å²) < 4.78 is 5.85. The summed E-state index contributed by atoms with van der Waals surface area (Å²) >= 11 is 0. The van der Waals surface area contributed by atoms with Crippen molar-refractivity contribution in [1.82, 2.24) is 5.32 Å². The maximum Gasteiger partial charge on any atom is 0.127 e. The van der Waals surface area contributed by atoms with Crippen LogP contribution in [0.15, 0.2) is 24.3 Å². The Morgan fingerprint density at radius 1 is 1.33 bits per heavy atom. The molecular formula is C13H17NO. The molecule has 80 valence electrons. The van der Waals surface area contributed by atoms with Gasteiger partial charge in [-0.3, -0.25) is 0 Å². The lowest BCUT2D eigenvalue weighted by Crippen LogP contribution is -2.27. The van der Waals surface area contributed by atoms with Gasteiger partial charge in [-0.05, 0) is 44.7 Å². The zero-order valence-electron chi connectivity index (χ0n) is 9.50. The number of benzene rings is 1. The van der Waals surface area contributed by atoms with Crippen molar-refractivity contribution in [2.75, 3.05) is 7.05 Å². The van der Waals surface area contributed by atoms with Gasteiger partial charge in [0.25, 0.3) is 0 Å². The van der Waals surface area contributed by atoms with Crippen molar-refractivity contribution in [3.8, 4) is 5.75 Å². The van der Waals surface area contributed by atoms with Crippen molar-refractivity contribution in [3.63, 3.8) is 0 Å². The van der Waals surface area contributed by atoms with Crippen LogP contribution in [0.5, 0.6) is 5.75 Å². The Bertz CT molecular complexity index is 394. The SMILES string of the molecule is CNCc1ccc2c(c1)C=CC(C)(C)O2. The zero-order chi connectivity index (χ0) is 10.9. The second-order valence-electron chi connectivity index (χ2n) is 4.44. The Labute approximate surface area is 91.0 Å². The molecule has 2 rings (SSSR count). The molecule has 0 bridgehead atoms. The largest absolute Gasteiger partial charge is 0.483 e. The maximum atomic E-state index is 5.85. The summed E-state index contributed by atoms with van der Waals surface area (Å²) in [7, 11) is 1.95. The molecule has 0 spiro atoms. The average Bonchev–Trinajstić information content (AvgIpc) is 2.18. The van der Waals surface area contributed by atoms with Crippen molar-refractivity contribution in [1.29, 1.82) is 0 Å². The van der Waals surface area contributed by atoms with Gasteiger partial charge in [-0.15, -0.1) is 0 Å². The van der Waals surface area contributed by atoms with Gasteiger partial charge in [0, 0.05) is 12.1 Å². The third-order valence-electron chi connectivity index (χ3n) is 2.49. The Hall–Kier alpha value is -1.28. The van der Waals surface area contributed by atoms with Crippen LogP contribution in [0, 0.1) is 0 Å². The van der Waals surface area contributed by atoms with Crippen molar-refractivity contribution < 1.29 is 4.74 Å². The first kappa shape index (κ1) is 10.2. The summed E-state index contributed by atoms with van der Waals surface area (Å²) in [6.45, 7) is 5.02. The Morgan fingerprint density at radius 3 is 2.87 bits per heavy atom. The normalized spacial score (nSPS) is 17.0. The molecule has 1 aromatic rings. The van der Waals surface area contributed by atoms with Crippen LogP contribution < -0.4 is 10.1 Å². The molecule has 1 heterocycles. The third kappa shape index (κ3) is 2.21. The molecule has 2 nitrogen and oxygen atoms in total. The van der Waals surface area contributed by atoms with E-state index in [9.17, 15) is 0 Å². The van der Waals surface area contributed by atoms with Crippen molar-refractivity contribution >= 4 is 6.08 Å². The van der Waals surface area contributed by atoms with E-state index in [0.29, 0.717) is 0 Å². The van der Waals surface area contributed by atoms with Gasteiger partial charge in [0.1, 0.15) is 11.4 Å². The van der Waals surface area contributed by atoms with E-state index in [1.165, 1.54) is 11.1 Å². The number of ether oxygens (including phenoxy) is 1. The lowest BCUT2D eigenvalue weighted by atomic mass is 10.0. The molecular weight excluding hydrogens is 186 g/mol. The first-order valence-corrected chi connectivity index (χ1v) is 5.26. The van der Waals surface area contributed by atoms with Crippen LogP contribution in [0.4, 0.5) is 0 Å². The highest BCUT2D eigenvalue weighted by molar-refractivity contribution is 5.61. The zero-order valence-corrected chi connectivity index (χ0v) is 9.50. The summed E-state index contributed by atoms with van der Waals surface area (Å²) in [4.78, 5) is 0. The minimum Gasteiger partial charge on any atom is -0.483 e. The fourth-order valence-electron chi connectivity index (χ4n) is 1.74. The molecule has 0 saturated carbocycles. The maximum absolute atomic E-state index is 5.85.